The minimum atomic E-state index is -0.508. The van der Waals surface area contributed by atoms with Gasteiger partial charge in [-0.2, -0.15) is 5.10 Å². The average molecular weight is 420 g/mol. The van der Waals surface area contributed by atoms with Gasteiger partial charge in [0.15, 0.2) is 6.61 Å². The van der Waals surface area contributed by atoms with Crippen molar-refractivity contribution in [3.63, 3.8) is 0 Å². The number of nitro groups is 1. The Kier molecular flexibility index (Phi) is 6.85. The molecule has 8 heteroatoms. The zero-order valence-corrected chi connectivity index (χ0v) is 15.9. The van der Waals surface area contributed by atoms with Crippen molar-refractivity contribution in [1.82, 2.24) is 5.43 Å². The second kappa shape index (κ2) is 9.10. The van der Waals surface area contributed by atoms with E-state index in [-0.39, 0.29) is 12.3 Å². The van der Waals surface area contributed by atoms with E-state index in [1.54, 1.807) is 6.92 Å². The van der Waals surface area contributed by atoms with Gasteiger partial charge in [0.25, 0.3) is 11.6 Å². The predicted octanol–water partition coefficient (Wildman–Crippen LogP) is 3.84. The molecule has 2 rings (SSSR count). The number of nitrogens with one attached hydrogen (secondary N) is 1. The highest BCUT2D eigenvalue weighted by atomic mass is 79.9. The number of amides is 1. The summed E-state index contributed by atoms with van der Waals surface area (Å²) in [6, 6.07) is 12.0. The Morgan fingerprint density at radius 2 is 1.96 bits per heavy atom. The van der Waals surface area contributed by atoms with Gasteiger partial charge in [-0.05, 0) is 46.5 Å². The number of ether oxygens (including phenoxy) is 1. The van der Waals surface area contributed by atoms with E-state index in [1.807, 2.05) is 24.3 Å². The van der Waals surface area contributed by atoms with Crippen LogP contribution in [0.2, 0.25) is 0 Å². The first-order chi connectivity index (χ1) is 12.4. The number of aryl methyl sites for hydroxylation is 1. The molecule has 0 aliphatic heterocycles. The Labute approximate surface area is 159 Å². The first-order valence-corrected chi connectivity index (χ1v) is 8.69. The summed E-state index contributed by atoms with van der Waals surface area (Å²) < 4.78 is 5.75. The maximum atomic E-state index is 11.9. The van der Waals surface area contributed by atoms with Gasteiger partial charge in [-0.1, -0.05) is 31.2 Å². The van der Waals surface area contributed by atoms with Crippen molar-refractivity contribution in [2.75, 3.05) is 6.61 Å². The third-order valence-electron chi connectivity index (χ3n) is 3.61. The van der Waals surface area contributed by atoms with E-state index >= 15 is 0 Å². The van der Waals surface area contributed by atoms with Crippen molar-refractivity contribution in [3.8, 4) is 5.75 Å². The van der Waals surface area contributed by atoms with E-state index in [9.17, 15) is 14.9 Å². The van der Waals surface area contributed by atoms with Gasteiger partial charge in [0.2, 0.25) is 0 Å². The highest BCUT2D eigenvalue weighted by Crippen LogP contribution is 2.28. The largest absolute Gasteiger partial charge is 0.483 e. The van der Waals surface area contributed by atoms with Crippen LogP contribution < -0.4 is 10.2 Å². The Bertz CT molecular complexity index is 835. The lowest BCUT2D eigenvalue weighted by Gasteiger charge is -2.07. The van der Waals surface area contributed by atoms with Gasteiger partial charge >= 0.3 is 0 Å². The fourth-order valence-corrected chi connectivity index (χ4v) is 2.57. The van der Waals surface area contributed by atoms with E-state index in [1.165, 1.54) is 23.8 Å². The summed E-state index contributed by atoms with van der Waals surface area (Å²) in [5.41, 5.74) is 5.19. The van der Waals surface area contributed by atoms with Crippen molar-refractivity contribution in [3.05, 3.63) is 68.2 Å². The number of hydrogen-bond acceptors (Lipinski definition) is 5. The number of carbonyl (C=O) groups excluding carboxylic acids is 1. The highest BCUT2D eigenvalue weighted by molar-refractivity contribution is 9.10. The molecule has 2 aromatic rings. The molecule has 0 radical (unpaired) electrons. The molecule has 7 nitrogen and oxygen atoms in total. The SMILES string of the molecule is CCc1ccc(/C(C)=N/NC(=O)COc2ccc([N+](=O)[O-])cc2Br)cc1. The first-order valence-electron chi connectivity index (χ1n) is 7.90. The van der Waals surface area contributed by atoms with Crippen LogP contribution in [0.4, 0.5) is 5.69 Å². The third kappa shape index (κ3) is 5.38. The number of halogens is 1. The van der Waals surface area contributed by atoms with Crippen LogP contribution in [0.3, 0.4) is 0 Å². The molecule has 0 heterocycles. The van der Waals surface area contributed by atoms with Crippen LogP contribution in [-0.2, 0) is 11.2 Å². The maximum absolute atomic E-state index is 11.9. The first kappa shape index (κ1) is 19.6. The second-order valence-electron chi connectivity index (χ2n) is 5.44. The van der Waals surface area contributed by atoms with Gasteiger partial charge in [-0.15, -0.1) is 0 Å². The molecular weight excluding hydrogens is 402 g/mol. The molecule has 0 bridgehead atoms. The van der Waals surface area contributed by atoms with Gasteiger partial charge in [0, 0.05) is 12.1 Å². The summed E-state index contributed by atoms with van der Waals surface area (Å²) in [5.74, 6) is -0.0959. The number of hydrogen-bond donors (Lipinski definition) is 1. The lowest BCUT2D eigenvalue weighted by molar-refractivity contribution is -0.384. The van der Waals surface area contributed by atoms with Gasteiger partial charge in [-0.25, -0.2) is 5.43 Å². The Morgan fingerprint density at radius 3 is 2.54 bits per heavy atom. The molecule has 136 valence electrons. The van der Waals surface area contributed by atoms with Gasteiger partial charge in [0.05, 0.1) is 15.1 Å². The summed E-state index contributed by atoms with van der Waals surface area (Å²) in [4.78, 5) is 22.1. The number of non-ortho nitro benzene ring substituents is 1. The van der Waals surface area contributed by atoms with E-state index in [2.05, 4.69) is 33.4 Å². The number of nitro benzene ring substituents is 1. The quantitative estimate of drug-likeness (QED) is 0.419. The zero-order valence-electron chi connectivity index (χ0n) is 14.4. The van der Waals surface area contributed by atoms with Crippen LogP contribution in [0.25, 0.3) is 0 Å². The van der Waals surface area contributed by atoms with E-state index < -0.39 is 10.8 Å². The Balaban J connectivity index is 1.91. The van der Waals surface area contributed by atoms with Crippen LogP contribution in [0.15, 0.2) is 52.0 Å². The summed E-state index contributed by atoms with van der Waals surface area (Å²) in [7, 11) is 0. The summed E-state index contributed by atoms with van der Waals surface area (Å²) in [6.07, 6.45) is 0.961. The van der Waals surface area contributed by atoms with Crippen LogP contribution in [-0.4, -0.2) is 23.1 Å². The minimum Gasteiger partial charge on any atom is -0.483 e. The molecule has 2 aromatic carbocycles. The number of carbonyl (C=O) groups is 1. The zero-order chi connectivity index (χ0) is 19.1. The molecule has 0 aliphatic carbocycles. The summed E-state index contributed by atoms with van der Waals surface area (Å²) in [6.45, 7) is 3.62. The van der Waals surface area contributed by atoms with Crippen molar-refractivity contribution in [1.29, 1.82) is 0 Å². The molecule has 0 saturated carbocycles. The second-order valence-corrected chi connectivity index (χ2v) is 6.30. The average Bonchev–Trinajstić information content (AvgIpc) is 2.65. The van der Waals surface area contributed by atoms with Crippen LogP contribution in [0.5, 0.6) is 5.75 Å². The van der Waals surface area contributed by atoms with Crippen molar-refractivity contribution < 1.29 is 14.5 Å². The lowest BCUT2D eigenvalue weighted by Crippen LogP contribution is -2.25. The topological polar surface area (TPSA) is 93.8 Å². The minimum absolute atomic E-state index is 0.0667. The van der Waals surface area contributed by atoms with E-state index in [0.29, 0.717) is 15.9 Å². The normalized spacial score (nSPS) is 11.1. The number of benzene rings is 2. The molecule has 0 atom stereocenters. The lowest BCUT2D eigenvalue weighted by atomic mass is 10.1. The van der Waals surface area contributed by atoms with E-state index in [0.717, 1.165) is 12.0 Å². The van der Waals surface area contributed by atoms with Crippen LogP contribution in [0, 0.1) is 10.1 Å². The fraction of sp³-hybridized carbons (Fsp3) is 0.222. The Morgan fingerprint density at radius 1 is 1.27 bits per heavy atom. The van der Waals surface area contributed by atoms with Crippen molar-refractivity contribution in [2.45, 2.75) is 20.3 Å². The molecule has 1 N–H and O–H groups in total. The molecule has 0 aliphatic rings. The summed E-state index contributed by atoms with van der Waals surface area (Å²) >= 11 is 3.18. The molecule has 1 amide bonds. The van der Waals surface area contributed by atoms with Crippen molar-refractivity contribution in [2.24, 2.45) is 5.10 Å². The molecule has 0 aromatic heterocycles. The predicted molar refractivity (Wildman–Crippen MR) is 102 cm³/mol. The van der Waals surface area contributed by atoms with Crippen LogP contribution in [0.1, 0.15) is 25.0 Å². The standard InChI is InChI=1S/C18H18BrN3O4/c1-3-13-4-6-14(7-5-13)12(2)20-21-18(23)11-26-17-9-8-15(22(24)25)10-16(17)19/h4-10H,3,11H2,1-2H3,(H,21,23)/b20-12+. The third-order valence-corrected chi connectivity index (χ3v) is 4.23. The Hall–Kier alpha value is -2.74. The van der Waals surface area contributed by atoms with E-state index in [4.69, 9.17) is 4.74 Å². The molecular formula is C18H18BrN3O4. The maximum Gasteiger partial charge on any atom is 0.277 e. The fourth-order valence-electron chi connectivity index (χ4n) is 2.09. The van der Waals surface area contributed by atoms with Gasteiger partial charge < -0.3 is 4.74 Å². The molecule has 26 heavy (non-hydrogen) atoms. The molecule has 0 unspecified atom stereocenters. The van der Waals surface area contributed by atoms with Crippen LogP contribution >= 0.6 is 15.9 Å². The molecule has 0 saturated heterocycles. The number of nitrogens with zero attached hydrogens (tertiary/aromatic N) is 2. The monoisotopic (exact) mass is 419 g/mol. The number of rotatable bonds is 7. The number of hydrazone groups is 1. The summed E-state index contributed by atoms with van der Waals surface area (Å²) in [5, 5.41) is 14.8. The molecule has 0 fully saturated rings. The molecule has 0 spiro atoms. The van der Waals surface area contributed by atoms with Gasteiger partial charge in [-0.3, -0.25) is 14.9 Å². The van der Waals surface area contributed by atoms with Crippen molar-refractivity contribution >= 4 is 33.2 Å². The highest BCUT2D eigenvalue weighted by Gasteiger charge is 2.11. The smallest absolute Gasteiger partial charge is 0.277 e. The van der Waals surface area contributed by atoms with Gasteiger partial charge in [0.1, 0.15) is 5.75 Å².